The summed E-state index contributed by atoms with van der Waals surface area (Å²) >= 11 is 0. The maximum Gasteiger partial charge on any atom is 0.252 e. The van der Waals surface area contributed by atoms with Crippen molar-refractivity contribution < 1.29 is 14.3 Å². The highest BCUT2D eigenvalue weighted by Gasteiger charge is 2.25. The number of fused-ring (bicyclic) bond motifs is 1. The number of methoxy groups -OCH3 is 1. The summed E-state index contributed by atoms with van der Waals surface area (Å²) < 4.78 is 10.9. The lowest BCUT2D eigenvalue weighted by molar-refractivity contribution is 0.0343. The number of hydrogen-bond acceptors (Lipinski definition) is 5. The van der Waals surface area contributed by atoms with Crippen LogP contribution in [0, 0.1) is 0 Å². The molecule has 2 aliphatic heterocycles. The van der Waals surface area contributed by atoms with Gasteiger partial charge in [-0.3, -0.25) is 14.6 Å². The Kier molecular flexibility index (Phi) is 6.10. The first-order valence-electron chi connectivity index (χ1n) is 10.1. The Balaban J connectivity index is 1.36. The number of benzene rings is 2. The van der Waals surface area contributed by atoms with Gasteiger partial charge in [0.15, 0.2) is 0 Å². The molecule has 2 aromatic rings. The largest absolute Gasteiger partial charge is 0.496 e. The normalized spacial score (nSPS) is 21.1. The van der Waals surface area contributed by atoms with Gasteiger partial charge < -0.3 is 14.8 Å². The monoisotopic (exact) mass is 383 g/mol. The van der Waals surface area contributed by atoms with Crippen LogP contribution in [0.25, 0.3) is 10.8 Å². The van der Waals surface area contributed by atoms with Crippen molar-refractivity contribution >= 4 is 16.7 Å². The Morgan fingerprint density at radius 2 is 1.86 bits per heavy atom. The molecule has 2 heterocycles. The molecule has 1 unspecified atom stereocenters. The molecule has 0 radical (unpaired) electrons. The first-order valence-corrected chi connectivity index (χ1v) is 10.1. The highest BCUT2D eigenvalue weighted by atomic mass is 16.5. The smallest absolute Gasteiger partial charge is 0.252 e. The molecule has 2 aliphatic rings. The van der Waals surface area contributed by atoms with Gasteiger partial charge in [-0.2, -0.15) is 0 Å². The third kappa shape index (κ3) is 4.29. The topological polar surface area (TPSA) is 54.0 Å². The standard InChI is InChI=1S/C22H29N3O3/c1-27-20-7-3-5-17-4-2-6-19(21(17)20)22(26)23-18-8-9-25(16-18)11-10-24-12-14-28-15-13-24/h2-7,18H,8-16H2,1H3,(H,23,26). The van der Waals surface area contributed by atoms with Gasteiger partial charge >= 0.3 is 0 Å². The van der Waals surface area contributed by atoms with E-state index in [2.05, 4.69) is 15.1 Å². The van der Waals surface area contributed by atoms with E-state index in [1.54, 1.807) is 7.11 Å². The fourth-order valence-corrected chi connectivity index (χ4v) is 4.19. The number of nitrogens with one attached hydrogen (secondary N) is 1. The molecule has 6 nitrogen and oxygen atoms in total. The molecule has 0 saturated carbocycles. The molecule has 6 heteroatoms. The van der Waals surface area contributed by atoms with Gasteiger partial charge in [-0.05, 0) is 23.9 Å². The molecule has 0 aromatic heterocycles. The fraction of sp³-hybridized carbons (Fsp3) is 0.500. The van der Waals surface area contributed by atoms with E-state index in [9.17, 15) is 4.79 Å². The molecule has 0 aliphatic carbocycles. The van der Waals surface area contributed by atoms with Gasteiger partial charge in [0.05, 0.1) is 25.9 Å². The zero-order chi connectivity index (χ0) is 19.3. The maximum absolute atomic E-state index is 13.0. The SMILES string of the molecule is COc1cccc2cccc(C(=O)NC3CCN(CCN4CCOCC4)C3)c12. The highest BCUT2D eigenvalue weighted by molar-refractivity contribution is 6.09. The van der Waals surface area contributed by atoms with Crippen molar-refractivity contribution in [2.75, 3.05) is 59.6 Å². The number of amides is 1. The predicted octanol–water partition coefficient (Wildman–Crippen LogP) is 1.98. The van der Waals surface area contributed by atoms with Gasteiger partial charge in [-0.1, -0.05) is 24.3 Å². The van der Waals surface area contributed by atoms with Crippen LogP contribution >= 0.6 is 0 Å². The molecule has 2 aromatic carbocycles. The molecule has 1 N–H and O–H groups in total. The first-order chi connectivity index (χ1) is 13.7. The number of ether oxygens (including phenoxy) is 2. The van der Waals surface area contributed by atoms with E-state index in [0.717, 1.165) is 75.4 Å². The summed E-state index contributed by atoms with van der Waals surface area (Å²) in [6.45, 7) is 7.80. The molecule has 28 heavy (non-hydrogen) atoms. The summed E-state index contributed by atoms with van der Waals surface area (Å²) in [5.74, 6) is 0.719. The highest BCUT2D eigenvalue weighted by Crippen LogP contribution is 2.29. The number of carbonyl (C=O) groups is 1. The van der Waals surface area contributed by atoms with Crippen LogP contribution in [0.2, 0.25) is 0 Å². The molecule has 2 saturated heterocycles. The second-order valence-electron chi connectivity index (χ2n) is 7.58. The second-order valence-corrected chi connectivity index (χ2v) is 7.58. The minimum Gasteiger partial charge on any atom is -0.496 e. The number of likely N-dealkylation sites (tertiary alicyclic amines) is 1. The van der Waals surface area contributed by atoms with Crippen LogP contribution in [0.4, 0.5) is 0 Å². The summed E-state index contributed by atoms with van der Waals surface area (Å²) in [5.41, 5.74) is 0.682. The minimum atomic E-state index is -0.0184. The van der Waals surface area contributed by atoms with Crippen LogP contribution in [-0.4, -0.2) is 81.3 Å². The third-order valence-corrected chi connectivity index (χ3v) is 5.77. The van der Waals surface area contributed by atoms with Crippen LogP contribution < -0.4 is 10.1 Å². The van der Waals surface area contributed by atoms with E-state index in [-0.39, 0.29) is 11.9 Å². The van der Waals surface area contributed by atoms with Crippen molar-refractivity contribution in [3.05, 3.63) is 42.0 Å². The number of hydrogen-bond donors (Lipinski definition) is 1. The van der Waals surface area contributed by atoms with Crippen LogP contribution in [0.1, 0.15) is 16.8 Å². The van der Waals surface area contributed by atoms with Crippen molar-refractivity contribution in [3.8, 4) is 5.75 Å². The summed E-state index contributed by atoms with van der Waals surface area (Å²) in [6, 6.07) is 11.9. The van der Waals surface area contributed by atoms with E-state index >= 15 is 0 Å². The van der Waals surface area contributed by atoms with Crippen molar-refractivity contribution in [1.29, 1.82) is 0 Å². The van der Waals surface area contributed by atoms with Crippen LogP contribution in [0.3, 0.4) is 0 Å². The zero-order valence-electron chi connectivity index (χ0n) is 16.5. The Morgan fingerprint density at radius 1 is 1.11 bits per heavy atom. The van der Waals surface area contributed by atoms with E-state index < -0.39 is 0 Å². The number of nitrogens with zero attached hydrogens (tertiary/aromatic N) is 2. The van der Waals surface area contributed by atoms with E-state index in [1.165, 1.54) is 0 Å². The number of rotatable bonds is 6. The lowest BCUT2D eigenvalue weighted by Gasteiger charge is -2.28. The Hall–Kier alpha value is -2.15. The van der Waals surface area contributed by atoms with Crippen LogP contribution in [0.5, 0.6) is 5.75 Å². The van der Waals surface area contributed by atoms with E-state index in [4.69, 9.17) is 9.47 Å². The van der Waals surface area contributed by atoms with Crippen LogP contribution in [-0.2, 0) is 4.74 Å². The van der Waals surface area contributed by atoms with Gasteiger partial charge in [0.2, 0.25) is 0 Å². The Morgan fingerprint density at radius 3 is 2.64 bits per heavy atom. The molecular weight excluding hydrogens is 354 g/mol. The van der Waals surface area contributed by atoms with Crippen molar-refractivity contribution in [2.24, 2.45) is 0 Å². The lowest BCUT2D eigenvalue weighted by atomic mass is 10.0. The van der Waals surface area contributed by atoms with Gasteiger partial charge in [0.25, 0.3) is 5.91 Å². The molecule has 1 amide bonds. The zero-order valence-corrected chi connectivity index (χ0v) is 16.5. The predicted molar refractivity (Wildman–Crippen MR) is 110 cm³/mol. The van der Waals surface area contributed by atoms with Crippen LogP contribution in [0.15, 0.2) is 36.4 Å². The fourth-order valence-electron chi connectivity index (χ4n) is 4.19. The van der Waals surface area contributed by atoms with E-state index in [1.807, 2.05) is 36.4 Å². The molecule has 0 spiro atoms. The molecule has 4 rings (SSSR count). The van der Waals surface area contributed by atoms with Crippen molar-refractivity contribution in [2.45, 2.75) is 12.5 Å². The maximum atomic E-state index is 13.0. The average molecular weight is 383 g/mol. The summed E-state index contributed by atoms with van der Waals surface area (Å²) in [7, 11) is 1.65. The van der Waals surface area contributed by atoms with Crippen molar-refractivity contribution in [1.82, 2.24) is 15.1 Å². The minimum absolute atomic E-state index is 0.0184. The first kappa shape index (κ1) is 19.2. The van der Waals surface area contributed by atoms with E-state index in [0.29, 0.717) is 5.56 Å². The summed E-state index contributed by atoms with van der Waals surface area (Å²) in [4.78, 5) is 17.9. The van der Waals surface area contributed by atoms with Gasteiger partial charge in [0.1, 0.15) is 5.75 Å². The average Bonchev–Trinajstić information content (AvgIpc) is 3.19. The molecule has 2 fully saturated rings. The second kappa shape index (κ2) is 8.90. The van der Waals surface area contributed by atoms with Gasteiger partial charge in [-0.25, -0.2) is 0 Å². The van der Waals surface area contributed by atoms with Crippen molar-refractivity contribution in [3.63, 3.8) is 0 Å². The molecule has 1 atom stereocenters. The Labute approximate surface area is 166 Å². The molecular formula is C22H29N3O3. The molecule has 0 bridgehead atoms. The Bertz CT molecular complexity index is 815. The quantitative estimate of drug-likeness (QED) is 0.827. The van der Waals surface area contributed by atoms with Gasteiger partial charge in [-0.15, -0.1) is 0 Å². The summed E-state index contributed by atoms with van der Waals surface area (Å²) in [5, 5.41) is 5.14. The third-order valence-electron chi connectivity index (χ3n) is 5.77. The van der Waals surface area contributed by atoms with Gasteiger partial charge in [0, 0.05) is 50.7 Å². The number of morpholine rings is 1. The lowest BCUT2D eigenvalue weighted by Crippen LogP contribution is -2.42. The summed E-state index contributed by atoms with van der Waals surface area (Å²) in [6.07, 6.45) is 0.997. The number of carbonyl (C=O) groups excluding carboxylic acids is 1. The molecule has 150 valence electrons.